The smallest absolute Gasteiger partial charge is 0.431 e. The van der Waals surface area contributed by atoms with Crippen LogP contribution in [-0.4, -0.2) is 52.5 Å². The highest BCUT2D eigenvalue weighted by Crippen LogP contribution is 2.40. The molecule has 36 heavy (non-hydrogen) atoms. The molecule has 1 fully saturated rings. The molecule has 11 heteroatoms. The molecule has 0 saturated heterocycles. The van der Waals surface area contributed by atoms with Crippen molar-refractivity contribution in [3.8, 4) is 11.5 Å². The number of carbonyl (C=O) groups excluding carboxylic acids is 1. The summed E-state index contributed by atoms with van der Waals surface area (Å²) in [5, 5.41) is 0. The third-order valence-corrected chi connectivity index (χ3v) is 6.49. The second-order valence-corrected chi connectivity index (χ2v) is 9.78. The fraction of sp³-hybridized carbons (Fsp3) is 0.520. The summed E-state index contributed by atoms with van der Waals surface area (Å²) in [4.78, 5) is 18.5. The van der Waals surface area contributed by atoms with E-state index in [1.165, 1.54) is 11.3 Å². The minimum atomic E-state index is -4.41. The molecule has 0 bridgehead atoms. The average Bonchev–Trinajstić information content (AvgIpc) is 2.88. The zero-order valence-electron chi connectivity index (χ0n) is 20.9. The molecule has 1 saturated carbocycles. The lowest BCUT2D eigenvalue weighted by molar-refractivity contribution is 0.143. The number of methoxy groups -OCH3 is 1. The minimum absolute atomic E-state index is 0.00925. The van der Waals surface area contributed by atoms with Gasteiger partial charge in [-0.25, -0.2) is 4.79 Å². The van der Waals surface area contributed by atoms with Gasteiger partial charge in [0.25, 0.3) is 0 Å². The fourth-order valence-electron chi connectivity index (χ4n) is 3.93. The van der Waals surface area contributed by atoms with E-state index in [4.69, 9.17) is 18.4 Å². The van der Waals surface area contributed by atoms with Crippen LogP contribution in [0.4, 0.5) is 10.5 Å². The largest absolute Gasteiger partial charge is 0.489 e. The third-order valence-electron chi connectivity index (χ3n) is 5.63. The van der Waals surface area contributed by atoms with Gasteiger partial charge in [-0.1, -0.05) is 25.5 Å². The highest BCUT2D eigenvalue weighted by Gasteiger charge is 2.30. The molecule has 1 aliphatic rings. The van der Waals surface area contributed by atoms with Crippen LogP contribution in [0.2, 0.25) is 0 Å². The summed E-state index contributed by atoms with van der Waals surface area (Å²) in [5.41, 5.74) is 0.827. The molecule has 0 atom stereocenters. The quantitative estimate of drug-likeness (QED) is 0.390. The second-order valence-electron chi connectivity index (χ2n) is 8.42. The van der Waals surface area contributed by atoms with Crippen molar-refractivity contribution < 1.29 is 31.6 Å². The van der Waals surface area contributed by atoms with Gasteiger partial charge >= 0.3 is 16.4 Å². The first kappa shape index (κ1) is 27.7. The Bertz CT molecular complexity index is 1060. The lowest BCUT2D eigenvalue weighted by Crippen LogP contribution is -2.38. The van der Waals surface area contributed by atoms with E-state index in [0.29, 0.717) is 35.9 Å². The first-order valence-corrected chi connectivity index (χ1v) is 13.7. The van der Waals surface area contributed by atoms with Gasteiger partial charge in [-0.2, -0.15) is 13.1 Å². The monoisotopic (exact) mass is 521 g/mol. The number of pyridine rings is 1. The van der Waals surface area contributed by atoms with Gasteiger partial charge < -0.3 is 18.4 Å². The van der Waals surface area contributed by atoms with E-state index >= 15 is 0 Å². The SMILES string of the molecule is CCCN(C(=O)OS(=O)(=O)NCc1ccccn1)c1c(OCCOC)cccc1OC1CCCCC1. The molecule has 2 aromatic rings. The number of aromatic nitrogens is 1. The normalized spacial score (nSPS) is 14.3. The molecule has 0 radical (unpaired) electrons. The second kappa shape index (κ2) is 14.0. The van der Waals surface area contributed by atoms with Crippen LogP contribution < -0.4 is 19.1 Å². The van der Waals surface area contributed by atoms with Crippen LogP contribution in [0.3, 0.4) is 0 Å². The molecule has 0 spiro atoms. The number of amides is 1. The highest BCUT2D eigenvalue weighted by atomic mass is 32.2. The number of nitrogens with zero attached hydrogens (tertiary/aromatic N) is 2. The van der Waals surface area contributed by atoms with Gasteiger partial charge in [-0.05, 0) is 56.4 Å². The number of anilines is 1. The van der Waals surface area contributed by atoms with Crippen molar-refractivity contribution in [2.45, 2.75) is 58.1 Å². The molecule has 1 aliphatic carbocycles. The summed E-state index contributed by atoms with van der Waals surface area (Å²) in [5.74, 6) is 0.825. The fourth-order valence-corrected chi connectivity index (χ4v) is 4.59. The molecule has 1 aromatic heterocycles. The van der Waals surface area contributed by atoms with Crippen molar-refractivity contribution in [2.75, 3.05) is 31.8 Å². The lowest BCUT2D eigenvalue weighted by Gasteiger charge is -2.29. The first-order chi connectivity index (χ1) is 17.4. The van der Waals surface area contributed by atoms with Gasteiger partial charge in [0.05, 0.1) is 24.9 Å². The predicted octanol–water partition coefficient (Wildman–Crippen LogP) is 4.21. The van der Waals surface area contributed by atoms with Gasteiger partial charge in [-0.15, -0.1) is 0 Å². The number of nitrogens with one attached hydrogen (secondary N) is 1. The van der Waals surface area contributed by atoms with Crippen LogP contribution in [0.15, 0.2) is 42.6 Å². The molecule has 198 valence electrons. The first-order valence-electron chi connectivity index (χ1n) is 12.3. The maximum Gasteiger partial charge on any atom is 0.431 e. The Kier molecular flexibility index (Phi) is 10.8. The topological polar surface area (TPSA) is 116 Å². The van der Waals surface area contributed by atoms with E-state index in [0.717, 1.165) is 25.7 Å². The van der Waals surface area contributed by atoms with Crippen molar-refractivity contribution in [1.29, 1.82) is 0 Å². The van der Waals surface area contributed by atoms with Crippen molar-refractivity contribution in [2.24, 2.45) is 0 Å². The Morgan fingerprint density at radius 1 is 1.08 bits per heavy atom. The maximum absolute atomic E-state index is 13.2. The number of hydrogen-bond donors (Lipinski definition) is 1. The Hall–Kier alpha value is -2.89. The lowest BCUT2D eigenvalue weighted by atomic mass is 9.98. The number of benzene rings is 1. The van der Waals surface area contributed by atoms with E-state index in [1.54, 1.807) is 49.7 Å². The molecule has 10 nitrogen and oxygen atoms in total. The summed E-state index contributed by atoms with van der Waals surface area (Å²) in [7, 11) is -2.84. The Morgan fingerprint density at radius 3 is 2.56 bits per heavy atom. The molecule has 1 N–H and O–H groups in total. The summed E-state index contributed by atoms with van der Waals surface area (Å²) in [6.45, 7) is 2.55. The molecule has 0 unspecified atom stereocenters. The molecule has 1 aromatic carbocycles. The Morgan fingerprint density at radius 2 is 1.86 bits per heavy atom. The van der Waals surface area contributed by atoms with Crippen LogP contribution >= 0.6 is 0 Å². The molecular weight excluding hydrogens is 486 g/mol. The summed E-state index contributed by atoms with van der Waals surface area (Å²) >= 11 is 0. The number of ether oxygens (including phenoxy) is 3. The van der Waals surface area contributed by atoms with E-state index in [-0.39, 0.29) is 25.8 Å². The van der Waals surface area contributed by atoms with Gasteiger partial charge in [0.2, 0.25) is 0 Å². The number of hydrogen-bond acceptors (Lipinski definition) is 8. The zero-order valence-corrected chi connectivity index (χ0v) is 21.7. The molecule has 3 rings (SSSR count). The van der Waals surface area contributed by atoms with Crippen molar-refractivity contribution in [1.82, 2.24) is 9.71 Å². The van der Waals surface area contributed by atoms with E-state index in [1.807, 2.05) is 6.92 Å². The summed E-state index contributed by atoms with van der Waals surface area (Å²) in [6, 6.07) is 10.4. The average molecular weight is 522 g/mol. The number of carbonyl (C=O) groups is 1. The van der Waals surface area contributed by atoms with E-state index in [9.17, 15) is 13.2 Å². The molecule has 1 heterocycles. The number of para-hydroxylation sites is 1. The van der Waals surface area contributed by atoms with Gasteiger partial charge in [0.15, 0.2) is 0 Å². The van der Waals surface area contributed by atoms with Crippen molar-refractivity contribution >= 4 is 22.1 Å². The van der Waals surface area contributed by atoms with Crippen LogP contribution in [0.25, 0.3) is 0 Å². The molecule has 0 aliphatic heterocycles. The standard InChI is InChI=1S/C25H35N3O7S/c1-3-16-28(25(29)35-36(30,31)27-19-20-10-7-8-15-26-20)24-22(33-18-17-32-2)13-9-14-23(24)34-21-11-5-4-6-12-21/h7-10,13-15,21,27H,3-6,11-12,16-19H2,1-2H3. The van der Waals surface area contributed by atoms with E-state index < -0.39 is 16.4 Å². The minimum Gasteiger partial charge on any atom is -0.489 e. The maximum atomic E-state index is 13.2. The van der Waals surface area contributed by atoms with Crippen LogP contribution in [0.5, 0.6) is 11.5 Å². The van der Waals surface area contributed by atoms with E-state index in [2.05, 4.69) is 9.71 Å². The predicted molar refractivity (Wildman–Crippen MR) is 135 cm³/mol. The zero-order chi connectivity index (χ0) is 25.8. The molecular formula is C25H35N3O7S. The van der Waals surface area contributed by atoms with Gasteiger partial charge in [-0.3, -0.25) is 9.88 Å². The van der Waals surface area contributed by atoms with Gasteiger partial charge in [0.1, 0.15) is 23.8 Å². The van der Waals surface area contributed by atoms with Crippen LogP contribution in [0, 0.1) is 0 Å². The Balaban J connectivity index is 1.84. The van der Waals surface area contributed by atoms with Crippen molar-refractivity contribution in [3.05, 3.63) is 48.3 Å². The third kappa shape index (κ3) is 8.35. The summed E-state index contributed by atoms with van der Waals surface area (Å²) < 4.78 is 49.6. The highest BCUT2D eigenvalue weighted by molar-refractivity contribution is 7.85. The number of rotatable bonds is 13. The Labute approximate surface area is 213 Å². The van der Waals surface area contributed by atoms with Crippen LogP contribution in [-0.2, 0) is 25.8 Å². The molecule has 1 amide bonds. The van der Waals surface area contributed by atoms with Crippen LogP contribution in [0.1, 0.15) is 51.1 Å². The van der Waals surface area contributed by atoms with Gasteiger partial charge in [0, 0.05) is 19.9 Å². The summed E-state index contributed by atoms with van der Waals surface area (Å²) in [6.07, 6.45) is 6.20. The van der Waals surface area contributed by atoms with Crippen molar-refractivity contribution in [3.63, 3.8) is 0 Å².